The molecule has 4 N–H and O–H groups in total. The number of aliphatic hydroxyl groups excluding tert-OH is 2. The van der Waals surface area contributed by atoms with Crippen molar-refractivity contribution in [2.24, 2.45) is 5.73 Å². The van der Waals surface area contributed by atoms with Gasteiger partial charge in [-0.05, 0) is 24.2 Å². The second kappa shape index (κ2) is 8.87. The van der Waals surface area contributed by atoms with Crippen LogP contribution in [0.5, 0.6) is 5.75 Å². The Bertz CT molecular complexity index is 360. The Hall–Kier alpha value is -1.14. The van der Waals surface area contributed by atoms with Crippen molar-refractivity contribution in [2.75, 3.05) is 32.8 Å². The molecule has 0 radical (unpaired) electrons. The lowest BCUT2D eigenvalue weighted by Crippen LogP contribution is -2.37. The highest BCUT2D eigenvalue weighted by atomic mass is 16.5. The number of likely N-dealkylation sites (N-methyl/N-ethyl adjacent to an activating group) is 1. The van der Waals surface area contributed by atoms with Crippen molar-refractivity contribution in [3.63, 3.8) is 0 Å². The minimum atomic E-state index is -0.576. The highest BCUT2D eigenvalue weighted by Crippen LogP contribution is 2.13. The van der Waals surface area contributed by atoms with E-state index in [0.717, 1.165) is 12.1 Å². The molecule has 108 valence electrons. The molecule has 1 unspecified atom stereocenters. The van der Waals surface area contributed by atoms with Gasteiger partial charge in [0.15, 0.2) is 0 Å². The number of ether oxygens (including phenoxy) is 1. The Balaban J connectivity index is 2.38. The third-order valence-corrected chi connectivity index (χ3v) is 2.91. The maximum absolute atomic E-state index is 9.89. The molecule has 0 spiro atoms. The molecule has 1 aromatic rings. The molecule has 0 heterocycles. The van der Waals surface area contributed by atoms with Gasteiger partial charge in [-0.15, -0.1) is 0 Å². The van der Waals surface area contributed by atoms with Gasteiger partial charge in [0.1, 0.15) is 18.5 Å². The van der Waals surface area contributed by atoms with Gasteiger partial charge in [-0.1, -0.05) is 19.1 Å². The maximum Gasteiger partial charge on any atom is 0.119 e. The van der Waals surface area contributed by atoms with Crippen molar-refractivity contribution in [1.29, 1.82) is 0 Å². The fourth-order valence-corrected chi connectivity index (χ4v) is 1.83. The van der Waals surface area contributed by atoms with Gasteiger partial charge in [-0.3, -0.25) is 4.90 Å². The van der Waals surface area contributed by atoms with E-state index in [2.05, 4.69) is 0 Å². The van der Waals surface area contributed by atoms with Crippen LogP contribution in [0.3, 0.4) is 0 Å². The summed E-state index contributed by atoms with van der Waals surface area (Å²) in [6.45, 7) is 4.65. The second-order valence-corrected chi connectivity index (χ2v) is 4.43. The molecule has 0 aliphatic rings. The second-order valence-electron chi connectivity index (χ2n) is 4.43. The maximum atomic E-state index is 9.89. The summed E-state index contributed by atoms with van der Waals surface area (Å²) in [6, 6.07) is 7.53. The van der Waals surface area contributed by atoms with Gasteiger partial charge in [-0.2, -0.15) is 0 Å². The van der Waals surface area contributed by atoms with Crippen molar-refractivity contribution in [3.05, 3.63) is 29.8 Å². The fraction of sp³-hybridized carbons (Fsp3) is 0.571. The van der Waals surface area contributed by atoms with E-state index in [1.165, 1.54) is 0 Å². The molecular formula is C14H24N2O3. The molecule has 1 atom stereocenters. The highest BCUT2D eigenvalue weighted by Gasteiger charge is 2.10. The number of rotatable bonds is 9. The van der Waals surface area contributed by atoms with Crippen LogP contribution in [0.15, 0.2) is 24.3 Å². The minimum absolute atomic E-state index is 0.0972. The Morgan fingerprint density at radius 3 is 2.84 bits per heavy atom. The van der Waals surface area contributed by atoms with E-state index in [1.807, 2.05) is 36.1 Å². The summed E-state index contributed by atoms with van der Waals surface area (Å²) in [5.41, 5.74) is 6.56. The van der Waals surface area contributed by atoms with Crippen LogP contribution in [-0.4, -0.2) is 54.1 Å². The Morgan fingerprint density at radius 1 is 1.42 bits per heavy atom. The molecule has 1 rings (SSSR count). The molecule has 0 aromatic heterocycles. The molecule has 1 aromatic carbocycles. The zero-order valence-electron chi connectivity index (χ0n) is 11.5. The van der Waals surface area contributed by atoms with Crippen LogP contribution in [-0.2, 0) is 6.54 Å². The number of benzene rings is 1. The minimum Gasteiger partial charge on any atom is -0.491 e. The van der Waals surface area contributed by atoms with Gasteiger partial charge in [0.25, 0.3) is 0 Å². The van der Waals surface area contributed by atoms with Gasteiger partial charge >= 0.3 is 0 Å². The van der Waals surface area contributed by atoms with Crippen LogP contribution in [0.1, 0.15) is 12.5 Å². The smallest absolute Gasteiger partial charge is 0.119 e. The van der Waals surface area contributed by atoms with Crippen molar-refractivity contribution in [1.82, 2.24) is 4.90 Å². The van der Waals surface area contributed by atoms with Crippen molar-refractivity contribution in [3.8, 4) is 5.75 Å². The SMILES string of the molecule is CCN(CCO)CC(O)COc1cccc(CN)c1. The van der Waals surface area contributed by atoms with E-state index in [1.54, 1.807) is 0 Å². The summed E-state index contributed by atoms with van der Waals surface area (Å²) >= 11 is 0. The van der Waals surface area contributed by atoms with Gasteiger partial charge < -0.3 is 20.7 Å². The predicted octanol–water partition coefficient (Wildman–Crippen LogP) is 0.199. The van der Waals surface area contributed by atoms with Gasteiger partial charge in [0.05, 0.1) is 6.61 Å². The molecule has 0 aliphatic carbocycles. The van der Waals surface area contributed by atoms with Crippen LogP contribution in [0.2, 0.25) is 0 Å². The van der Waals surface area contributed by atoms with Crippen LogP contribution < -0.4 is 10.5 Å². The topological polar surface area (TPSA) is 79.0 Å². The standard InChI is InChI=1S/C14H24N2O3/c1-2-16(6-7-17)10-13(18)11-19-14-5-3-4-12(8-14)9-15/h3-5,8,13,17-18H,2,6-7,9-11,15H2,1H3. The zero-order valence-corrected chi connectivity index (χ0v) is 11.5. The molecular weight excluding hydrogens is 244 g/mol. The van der Waals surface area contributed by atoms with Crippen LogP contribution in [0.25, 0.3) is 0 Å². The Morgan fingerprint density at radius 2 is 2.21 bits per heavy atom. The first-order valence-electron chi connectivity index (χ1n) is 6.62. The summed E-state index contributed by atoms with van der Waals surface area (Å²) < 4.78 is 5.54. The average Bonchev–Trinajstić information content (AvgIpc) is 2.45. The lowest BCUT2D eigenvalue weighted by atomic mass is 10.2. The summed E-state index contributed by atoms with van der Waals surface area (Å²) in [4.78, 5) is 1.98. The van der Waals surface area contributed by atoms with E-state index < -0.39 is 6.10 Å². The Labute approximate surface area is 114 Å². The molecule has 0 saturated heterocycles. The largest absolute Gasteiger partial charge is 0.491 e. The molecule has 5 nitrogen and oxygen atoms in total. The monoisotopic (exact) mass is 268 g/mol. The lowest BCUT2D eigenvalue weighted by Gasteiger charge is -2.22. The quantitative estimate of drug-likeness (QED) is 0.596. The normalized spacial score (nSPS) is 12.7. The highest BCUT2D eigenvalue weighted by molar-refractivity contribution is 5.28. The Kier molecular flexibility index (Phi) is 7.43. The lowest BCUT2D eigenvalue weighted by molar-refractivity contribution is 0.0638. The summed E-state index contributed by atoms with van der Waals surface area (Å²) in [5, 5.41) is 18.8. The van der Waals surface area contributed by atoms with E-state index in [0.29, 0.717) is 25.4 Å². The number of nitrogens with two attached hydrogens (primary N) is 1. The number of hydrogen-bond donors (Lipinski definition) is 3. The predicted molar refractivity (Wildman–Crippen MR) is 75.0 cm³/mol. The molecule has 5 heteroatoms. The first-order valence-corrected chi connectivity index (χ1v) is 6.62. The van der Waals surface area contributed by atoms with E-state index in [9.17, 15) is 5.11 Å². The van der Waals surface area contributed by atoms with Crippen LogP contribution >= 0.6 is 0 Å². The first-order chi connectivity index (χ1) is 9.19. The van der Waals surface area contributed by atoms with Crippen LogP contribution in [0.4, 0.5) is 0 Å². The van der Waals surface area contributed by atoms with Crippen molar-refractivity contribution < 1.29 is 14.9 Å². The third-order valence-electron chi connectivity index (χ3n) is 2.91. The summed E-state index contributed by atoms with van der Waals surface area (Å²) in [6.07, 6.45) is -0.576. The molecule has 0 bridgehead atoms. The van der Waals surface area contributed by atoms with Crippen molar-refractivity contribution >= 4 is 0 Å². The number of aliphatic hydroxyl groups is 2. The molecule has 0 amide bonds. The molecule has 0 fully saturated rings. The summed E-state index contributed by atoms with van der Waals surface area (Å²) in [5.74, 6) is 0.715. The van der Waals surface area contributed by atoms with E-state index in [-0.39, 0.29) is 13.2 Å². The molecule has 0 saturated carbocycles. The summed E-state index contributed by atoms with van der Waals surface area (Å²) in [7, 11) is 0. The third kappa shape index (κ3) is 6.02. The van der Waals surface area contributed by atoms with Gasteiger partial charge in [0, 0.05) is 19.6 Å². The number of hydrogen-bond acceptors (Lipinski definition) is 5. The average molecular weight is 268 g/mol. The molecule has 0 aliphatic heterocycles. The van der Waals surface area contributed by atoms with Gasteiger partial charge in [-0.25, -0.2) is 0 Å². The van der Waals surface area contributed by atoms with Gasteiger partial charge in [0.2, 0.25) is 0 Å². The molecule has 19 heavy (non-hydrogen) atoms. The van der Waals surface area contributed by atoms with Crippen LogP contribution in [0, 0.1) is 0 Å². The number of nitrogens with zero attached hydrogens (tertiary/aromatic N) is 1. The fourth-order valence-electron chi connectivity index (χ4n) is 1.83. The zero-order chi connectivity index (χ0) is 14.1. The van der Waals surface area contributed by atoms with E-state index >= 15 is 0 Å². The van der Waals surface area contributed by atoms with Crippen molar-refractivity contribution in [2.45, 2.75) is 19.6 Å². The van der Waals surface area contributed by atoms with E-state index in [4.69, 9.17) is 15.6 Å². The first kappa shape index (κ1) is 15.9.